The average Bonchev–Trinajstić information content (AvgIpc) is 2.51. The largest absolute Gasteiger partial charge is 0.384 e. The maximum atomic E-state index is 10.9. The first-order valence-electron chi connectivity index (χ1n) is 3.68. The number of thiophene rings is 1. The van der Waals surface area contributed by atoms with Crippen molar-refractivity contribution < 1.29 is 9.90 Å². The van der Waals surface area contributed by atoms with Crippen molar-refractivity contribution in [2.45, 2.75) is 19.6 Å². The molecule has 1 rings (SSSR count). The van der Waals surface area contributed by atoms with Gasteiger partial charge in [-0.2, -0.15) is 0 Å². The van der Waals surface area contributed by atoms with Crippen molar-refractivity contribution in [1.29, 1.82) is 0 Å². The minimum atomic E-state index is -0.926. The Hall–Kier alpha value is -0.870. The summed E-state index contributed by atoms with van der Waals surface area (Å²) < 4.78 is 0. The van der Waals surface area contributed by atoms with Gasteiger partial charge in [-0.1, -0.05) is 6.07 Å². The molecule has 3 nitrogen and oxygen atoms in total. The second-order valence-corrected chi connectivity index (χ2v) is 3.51. The first-order chi connectivity index (χ1) is 5.70. The highest BCUT2D eigenvalue weighted by molar-refractivity contribution is 7.09. The van der Waals surface area contributed by atoms with E-state index >= 15 is 0 Å². The van der Waals surface area contributed by atoms with E-state index < -0.39 is 6.10 Å². The SMILES string of the molecule is CC(O)C(=O)NCc1cccs1. The highest BCUT2D eigenvalue weighted by Gasteiger charge is 2.07. The normalized spacial score (nSPS) is 12.5. The smallest absolute Gasteiger partial charge is 0.248 e. The van der Waals surface area contributed by atoms with Crippen molar-refractivity contribution in [3.05, 3.63) is 22.4 Å². The molecule has 66 valence electrons. The standard InChI is InChI=1S/C8H11NO2S/c1-6(10)8(11)9-5-7-3-2-4-12-7/h2-4,6,10H,5H2,1H3,(H,9,11). The molecule has 0 saturated heterocycles. The van der Waals surface area contributed by atoms with E-state index in [0.717, 1.165) is 4.88 Å². The highest BCUT2D eigenvalue weighted by atomic mass is 32.1. The molecule has 1 aromatic rings. The van der Waals surface area contributed by atoms with Crippen LogP contribution in [0.1, 0.15) is 11.8 Å². The first kappa shape index (κ1) is 9.22. The second-order valence-electron chi connectivity index (χ2n) is 2.47. The monoisotopic (exact) mass is 185 g/mol. The van der Waals surface area contributed by atoms with E-state index in [1.165, 1.54) is 6.92 Å². The zero-order chi connectivity index (χ0) is 8.97. The van der Waals surface area contributed by atoms with Crippen LogP contribution < -0.4 is 5.32 Å². The van der Waals surface area contributed by atoms with Crippen LogP contribution in [0.4, 0.5) is 0 Å². The van der Waals surface area contributed by atoms with Crippen LogP contribution in [0.3, 0.4) is 0 Å². The number of hydrogen-bond donors (Lipinski definition) is 2. The van der Waals surface area contributed by atoms with Crippen LogP contribution in [-0.2, 0) is 11.3 Å². The summed E-state index contributed by atoms with van der Waals surface area (Å²) in [4.78, 5) is 12.0. The summed E-state index contributed by atoms with van der Waals surface area (Å²) in [6.45, 7) is 1.95. The van der Waals surface area contributed by atoms with Gasteiger partial charge in [-0.15, -0.1) is 11.3 Å². The zero-order valence-corrected chi connectivity index (χ0v) is 7.60. The van der Waals surface area contributed by atoms with E-state index in [-0.39, 0.29) is 5.91 Å². The summed E-state index contributed by atoms with van der Waals surface area (Å²) in [5, 5.41) is 13.4. The van der Waals surface area contributed by atoms with Crippen molar-refractivity contribution in [3.63, 3.8) is 0 Å². The maximum absolute atomic E-state index is 10.9. The number of amides is 1. The maximum Gasteiger partial charge on any atom is 0.248 e. The Balaban J connectivity index is 2.32. The summed E-state index contributed by atoms with van der Waals surface area (Å²) >= 11 is 1.58. The molecule has 0 saturated carbocycles. The zero-order valence-electron chi connectivity index (χ0n) is 6.78. The molecule has 0 spiro atoms. The molecule has 0 aromatic carbocycles. The average molecular weight is 185 g/mol. The third-order valence-corrected chi connectivity index (χ3v) is 2.27. The lowest BCUT2D eigenvalue weighted by Crippen LogP contribution is -2.31. The van der Waals surface area contributed by atoms with Gasteiger partial charge in [-0.25, -0.2) is 0 Å². The lowest BCUT2D eigenvalue weighted by molar-refractivity contribution is -0.128. The van der Waals surface area contributed by atoms with E-state index in [0.29, 0.717) is 6.54 Å². The molecule has 0 aliphatic rings. The van der Waals surface area contributed by atoms with Gasteiger partial charge in [-0.05, 0) is 18.4 Å². The van der Waals surface area contributed by atoms with Gasteiger partial charge in [0.05, 0.1) is 6.54 Å². The van der Waals surface area contributed by atoms with E-state index in [2.05, 4.69) is 5.32 Å². The number of carbonyl (C=O) groups is 1. The first-order valence-corrected chi connectivity index (χ1v) is 4.56. The summed E-state index contributed by atoms with van der Waals surface area (Å²) in [5.74, 6) is -0.330. The number of nitrogens with one attached hydrogen (secondary N) is 1. The van der Waals surface area contributed by atoms with Crippen LogP contribution in [0.5, 0.6) is 0 Å². The molecule has 1 heterocycles. The summed E-state index contributed by atoms with van der Waals surface area (Å²) in [6, 6.07) is 3.86. The van der Waals surface area contributed by atoms with Gasteiger partial charge in [0.25, 0.3) is 0 Å². The minimum absolute atomic E-state index is 0.330. The summed E-state index contributed by atoms with van der Waals surface area (Å²) in [7, 11) is 0. The molecule has 0 fully saturated rings. The lowest BCUT2D eigenvalue weighted by Gasteiger charge is -2.04. The van der Waals surface area contributed by atoms with Crippen molar-refractivity contribution in [2.24, 2.45) is 0 Å². The second kappa shape index (κ2) is 4.23. The molecule has 1 aromatic heterocycles. The Labute approximate surface area is 75.0 Å². The van der Waals surface area contributed by atoms with Gasteiger partial charge in [0.2, 0.25) is 5.91 Å². The van der Waals surface area contributed by atoms with Gasteiger partial charge in [0, 0.05) is 4.88 Å². The Morgan fingerprint density at radius 1 is 1.83 bits per heavy atom. The molecular weight excluding hydrogens is 174 g/mol. The molecule has 1 amide bonds. The van der Waals surface area contributed by atoms with Crippen molar-refractivity contribution in [2.75, 3.05) is 0 Å². The number of hydrogen-bond acceptors (Lipinski definition) is 3. The molecule has 0 aliphatic heterocycles. The predicted molar refractivity (Wildman–Crippen MR) is 47.8 cm³/mol. The molecule has 0 aliphatic carbocycles. The number of carbonyl (C=O) groups excluding carboxylic acids is 1. The fourth-order valence-electron chi connectivity index (χ4n) is 0.735. The fourth-order valence-corrected chi connectivity index (χ4v) is 1.38. The van der Waals surface area contributed by atoms with Crippen LogP contribution >= 0.6 is 11.3 Å². The Bertz CT molecular complexity index is 244. The molecule has 1 atom stereocenters. The Morgan fingerprint density at radius 3 is 3.08 bits per heavy atom. The van der Waals surface area contributed by atoms with Crippen molar-refractivity contribution in [3.8, 4) is 0 Å². The van der Waals surface area contributed by atoms with Crippen molar-refractivity contribution in [1.82, 2.24) is 5.32 Å². The Morgan fingerprint density at radius 2 is 2.58 bits per heavy atom. The molecule has 12 heavy (non-hydrogen) atoms. The molecule has 2 N–H and O–H groups in total. The van der Waals surface area contributed by atoms with Crippen LogP contribution in [-0.4, -0.2) is 17.1 Å². The molecule has 0 bridgehead atoms. The molecular formula is C8H11NO2S. The van der Waals surface area contributed by atoms with Crippen LogP contribution in [0.25, 0.3) is 0 Å². The molecule has 4 heteroatoms. The van der Waals surface area contributed by atoms with Crippen molar-refractivity contribution >= 4 is 17.2 Å². The number of rotatable bonds is 3. The third-order valence-electron chi connectivity index (χ3n) is 1.40. The number of aliphatic hydroxyl groups excluding tert-OH is 1. The quantitative estimate of drug-likeness (QED) is 0.730. The predicted octanol–water partition coefficient (Wildman–Crippen LogP) is 0.745. The van der Waals surface area contributed by atoms with Gasteiger partial charge in [-0.3, -0.25) is 4.79 Å². The summed E-state index contributed by atoms with van der Waals surface area (Å²) in [6.07, 6.45) is -0.926. The lowest BCUT2D eigenvalue weighted by atomic mass is 10.3. The van der Waals surface area contributed by atoms with Crippen LogP contribution in [0, 0.1) is 0 Å². The molecule has 1 unspecified atom stereocenters. The van der Waals surface area contributed by atoms with Gasteiger partial charge in [0.1, 0.15) is 6.10 Å². The van der Waals surface area contributed by atoms with E-state index in [1.807, 2.05) is 17.5 Å². The topological polar surface area (TPSA) is 49.3 Å². The summed E-state index contributed by atoms with van der Waals surface area (Å²) in [5.41, 5.74) is 0. The minimum Gasteiger partial charge on any atom is -0.384 e. The van der Waals surface area contributed by atoms with Crippen LogP contribution in [0.15, 0.2) is 17.5 Å². The van der Waals surface area contributed by atoms with E-state index in [1.54, 1.807) is 11.3 Å². The van der Waals surface area contributed by atoms with E-state index in [4.69, 9.17) is 5.11 Å². The van der Waals surface area contributed by atoms with Gasteiger partial charge < -0.3 is 10.4 Å². The fraction of sp³-hybridized carbons (Fsp3) is 0.375. The van der Waals surface area contributed by atoms with Gasteiger partial charge in [0.15, 0.2) is 0 Å². The third kappa shape index (κ3) is 2.64. The Kier molecular flexibility index (Phi) is 3.25. The molecule has 0 radical (unpaired) electrons. The van der Waals surface area contributed by atoms with Crippen LogP contribution in [0.2, 0.25) is 0 Å². The number of aliphatic hydroxyl groups is 1. The van der Waals surface area contributed by atoms with Gasteiger partial charge >= 0.3 is 0 Å². The van der Waals surface area contributed by atoms with E-state index in [9.17, 15) is 4.79 Å². The highest BCUT2D eigenvalue weighted by Crippen LogP contribution is 2.07.